The first-order valence-corrected chi connectivity index (χ1v) is 6.71. The standard InChI is InChI=1S/C16H15N5/c1-11-8-14(15-19-18-10-21(15)20-11)12-4-6-13(7-5-12)16(2,3)9-17/h4-8,10H,1-3H3. The Morgan fingerprint density at radius 1 is 1.19 bits per heavy atom. The Morgan fingerprint density at radius 2 is 1.90 bits per heavy atom. The van der Waals surface area contributed by atoms with Crippen LogP contribution in [0.2, 0.25) is 0 Å². The molecular formula is C16H15N5. The van der Waals surface area contributed by atoms with Gasteiger partial charge < -0.3 is 0 Å². The van der Waals surface area contributed by atoms with E-state index in [-0.39, 0.29) is 0 Å². The van der Waals surface area contributed by atoms with Crippen LogP contribution in [0.3, 0.4) is 0 Å². The molecule has 0 saturated carbocycles. The zero-order chi connectivity index (χ0) is 15.0. The minimum absolute atomic E-state index is 0.489. The van der Waals surface area contributed by atoms with Gasteiger partial charge in [-0.05, 0) is 38.0 Å². The third-order valence-corrected chi connectivity index (χ3v) is 3.59. The van der Waals surface area contributed by atoms with Crippen LogP contribution in [-0.2, 0) is 5.41 Å². The molecule has 0 radical (unpaired) electrons. The Balaban J connectivity index is 2.12. The molecule has 0 N–H and O–H groups in total. The monoisotopic (exact) mass is 277 g/mol. The van der Waals surface area contributed by atoms with Crippen LogP contribution in [0, 0.1) is 18.3 Å². The van der Waals surface area contributed by atoms with Gasteiger partial charge in [0.25, 0.3) is 0 Å². The van der Waals surface area contributed by atoms with Crippen molar-refractivity contribution in [3.63, 3.8) is 0 Å². The van der Waals surface area contributed by atoms with E-state index >= 15 is 0 Å². The number of aromatic nitrogens is 4. The fourth-order valence-corrected chi connectivity index (χ4v) is 2.30. The molecule has 2 heterocycles. The molecule has 0 saturated heterocycles. The van der Waals surface area contributed by atoms with Crippen molar-refractivity contribution in [2.24, 2.45) is 0 Å². The maximum Gasteiger partial charge on any atom is 0.185 e. The zero-order valence-electron chi connectivity index (χ0n) is 12.2. The molecule has 0 unspecified atom stereocenters. The van der Waals surface area contributed by atoms with Crippen LogP contribution in [0.15, 0.2) is 36.7 Å². The number of benzene rings is 1. The van der Waals surface area contributed by atoms with E-state index in [1.165, 1.54) is 0 Å². The van der Waals surface area contributed by atoms with Gasteiger partial charge in [-0.3, -0.25) is 0 Å². The van der Waals surface area contributed by atoms with Crippen molar-refractivity contribution in [1.82, 2.24) is 19.8 Å². The van der Waals surface area contributed by atoms with E-state index in [0.717, 1.165) is 28.0 Å². The second-order valence-electron chi connectivity index (χ2n) is 5.61. The van der Waals surface area contributed by atoms with Gasteiger partial charge in [-0.2, -0.15) is 14.9 Å². The number of nitrogens with zero attached hydrogens (tertiary/aromatic N) is 5. The van der Waals surface area contributed by atoms with E-state index in [0.29, 0.717) is 0 Å². The highest BCUT2D eigenvalue weighted by molar-refractivity contribution is 5.77. The number of fused-ring (bicyclic) bond motifs is 1. The predicted molar refractivity (Wildman–Crippen MR) is 79.6 cm³/mol. The van der Waals surface area contributed by atoms with E-state index in [1.54, 1.807) is 10.8 Å². The number of aryl methyl sites for hydroxylation is 1. The van der Waals surface area contributed by atoms with E-state index in [4.69, 9.17) is 0 Å². The second kappa shape index (κ2) is 4.67. The fourth-order valence-electron chi connectivity index (χ4n) is 2.30. The van der Waals surface area contributed by atoms with Gasteiger partial charge in [0.15, 0.2) is 5.65 Å². The van der Waals surface area contributed by atoms with Crippen molar-refractivity contribution in [3.8, 4) is 17.2 Å². The third kappa shape index (κ3) is 2.25. The van der Waals surface area contributed by atoms with Crippen LogP contribution in [0.25, 0.3) is 16.8 Å². The Kier molecular flexibility index (Phi) is 2.95. The topological polar surface area (TPSA) is 66.9 Å². The molecule has 2 aromatic heterocycles. The first kappa shape index (κ1) is 13.3. The molecule has 0 spiro atoms. The van der Waals surface area contributed by atoms with Gasteiger partial charge >= 0.3 is 0 Å². The van der Waals surface area contributed by atoms with Gasteiger partial charge in [0.05, 0.1) is 17.2 Å². The second-order valence-corrected chi connectivity index (χ2v) is 5.61. The molecule has 0 amide bonds. The molecule has 5 heteroatoms. The summed E-state index contributed by atoms with van der Waals surface area (Å²) < 4.78 is 1.68. The molecule has 104 valence electrons. The summed E-state index contributed by atoms with van der Waals surface area (Å²) >= 11 is 0. The quantitative estimate of drug-likeness (QED) is 0.722. The minimum atomic E-state index is -0.489. The summed E-state index contributed by atoms with van der Waals surface area (Å²) in [6.07, 6.45) is 1.60. The molecular weight excluding hydrogens is 262 g/mol. The molecule has 5 nitrogen and oxygen atoms in total. The Morgan fingerprint density at radius 3 is 2.57 bits per heavy atom. The summed E-state index contributed by atoms with van der Waals surface area (Å²) in [5.41, 5.74) is 4.16. The number of hydrogen-bond acceptors (Lipinski definition) is 4. The molecule has 0 bridgehead atoms. The number of rotatable bonds is 2. The van der Waals surface area contributed by atoms with E-state index in [9.17, 15) is 5.26 Å². The van der Waals surface area contributed by atoms with Gasteiger partial charge in [-0.1, -0.05) is 24.3 Å². The Bertz CT molecular complexity index is 837. The predicted octanol–water partition coefficient (Wildman–Crippen LogP) is 2.90. The Hall–Kier alpha value is -2.74. The highest BCUT2D eigenvalue weighted by Gasteiger charge is 2.19. The smallest absolute Gasteiger partial charge is 0.185 e. The van der Waals surface area contributed by atoms with Crippen molar-refractivity contribution in [2.75, 3.05) is 0 Å². The Labute approximate surface area is 122 Å². The van der Waals surface area contributed by atoms with Gasteiger partial charge in [-0.25, -0.2) is 0 Å². The molecule has 21 heavy (non-hydrogen) atoms. The van der Waals surface area contributed by atoms with Crippen LogP contribution in [0.5, 0.6) is 0 Å². The van der Waals surface area contributed by atoms with Gasteiger partial charge in [0.2, 0.25) is 0 Å². The summed E-state index contributed by atoms with van der Waals surface area (Å²) in [6.45, 7) is 5.76. The number of nitriles is 1. The van der Waals surface area contributed by atoms with Gasteiger partial charge in [0.1, 0.15) is 6.33 Å². The first-order chi connectivity index (χ1) is 10.0. The van der Waals surface area contributed by atoms with E-state index in [1.807, 2.05) is 51.1 Å². The number of hydrogen-bond donors (Lipinski definition) is 0. The summed E-state index contributed by atoms with van der Waals surface area (Å²) in [7, 11) is 0. The van der Waals surface area contributed by atoms with E-state index in [2.05, 4.69) is 21.4 Å². The first-order valence-electron chi connectivity index (χ1n) is 6.71. The molecule has 0 atom stereocenters. The van der Waals surface area contributed by atoms with Crippen molar-refractivity contribution in [3.05, 3.63) is 47.9 Å². The molecule has 3 rings (SSSR count). The van der Waals surface area contributed by atoms with Crippen molar-refractivity contribution in [1.29, 1.82) is 5.26 Å². The molecule has 0 aliphatic carbocycles. The van der Waals surface area contributed by atoms with E-state index < -0.39 is 5.41 Å². The minimum Gasteiger partial charge on any atom is -0.200 e. The lowest BCUT2D eigenvalue weighted by molar-refractivity contribution is 0.687. The maximum absolute atomic E-state index is 9.20. The summed E-state index contributed by atoms with van der Waals surface area (Å²) in [6, 6.07) is 12.3. The van der Waals surface area contributed by atoms with Gasteiger partial charge in [0, 0.05) is 5.56 Å². The third-order valence-electron chi connectivity index (χ3n) is 3.59. The lowest BCUT2D eigenvalue weighted by atomic mass is 9.85. The van der Waals surface area contributed by atoms with Crippen LogP contribution in [0.1, 0.15) is 25.1 Å². The van der Waals surface area contributed by atoms with Crippen molar-refractivity contribution in [2.45, 2.75) is 26.2 Å². The lowest BCUT2D eigenvalue weighted by Crippen LogP contribution is -2.13. The molecule has 0 fully saturated rings. The summed E-state index contributed by atoms with van der Waals surface area (Å²) in [4.78, 5) is 0. The highest BCUT2D eigenvalue weighted by atomic mass is 15.3. The van der Waals surface area contributed by atoms with Crippen LogP contribution < -0.4 is 0 Å². The van der Waals surface area contributed by atoms with Crippen molar-refractivity contribution < 1.29 is 0 Å². The molecule has 0 aliphatic rings. The zero-order valence-corrected chi connectivity index (χ0v) is 12.2. The fraction of sp³-hybridized carbons (Fsp3) is 0.250. The molecule has 3 aromatic rings. The van der Waals surface area contributed by atoms with Crippen molar-refractivity contribution >= 4 is 5.65 Å². The van der Waals surface area contributed by atoms with Gasteiger partial charge in [-0.15, -0.1) is 10.2 Å². The van der Waals surface area contributed by atoms with Crippen LogP contribution in [0.4, 0.5) is 0 Å². The highest BCUT2D eigenvalue weighted by Crippen LogP contribution is 2.28. The average molecular weight is 277 g/mol. The summed E-state index contributed by atoms with van der Waals surface area (Å²) in [5, 5.41) is 21.6. The summed E-state index contributed by atoms with van der Waals surface area (Å²) in [5.74, 6) is 0. The largest absolute Gasteiger partial charge is 0.200 e. The average Bonchev–Trinajstić information content (AvgIpc) is 2.94. The molecule has 1 aromatic carbocycles. The lowest BCUT2D eigenvalue weighted by Gasteiger charge is -2.16. The maximum atomic E-state index is 9.20. The SMILES string of the molecule is Cc1cc(-c2ccc(C(C)(C)C#N)cc2)c2nncn2n1. The van der Waals surface area contributed by atoms with Crippen LogP contribution >= 0.6 is 0 Å². The normalized spacial score (nSPS) is 11.5. The molecule has 0 aliphatic heterocycles. The van der Waals surface area contributed by atoms with Crippen LogP contribution in [-0.4, -0.2) is 19.8 Å².